The highest BCUT2D eigenvalue weighted by molar-refractivity contribution is 5.97. The van der Waals surface area contributed by atoms with E-state index in [0.717, 1.165) is 22.3 Å². The number of carbonyl (C=O) groups excluding carboxylic acids is 1. The molecule has 1 aliphatic heterocycles. The number of hydrogen-bond acceptors (Lipinski definition) is 7. The van der Waals surface area contributed by atoms with Crippen LogP contribution in [0.1, 0.15) is 36.3 Å². The minimum absolute atomic E-state index is 0.0151. The van der Waals surface area contributed by atoms with Crippen LogP contribution in [0.5, 0.6) is 0 Å². The third kappa shape index (κ3) is 5.57. The Bertz CT molecular complexity index is 1190. The van der Waals surface area contributed by atoms with Crippen LogP contribution in [0.2, 0.25) is 0 Å². The van der Waals surface area contributed by atoms with Gasteiger partial charge in [-0.15, -0.1) is 0 Å². The number of hydrogen-bond donors (Lipinski definition) is 4. The summed E-state index contributed by atoms with van der Waals surface area (Å²) in [6.45, 7) is 6.55. The van der Waals surface area contributed by atoms with Gasteiger partial charge in [0.05, 0.1) is 30.2 Å². The molecule has 0 aliphatic carbocycles. The van der Waals surface area contributed by atoms with Crippen molar-refractivity contribution in [1.82, 2.24) is 30.4 Å². The lowest BCUT2D eigenvalue weighted by atomic mass is 9.99. The summed E-state index contributed by atoms with van der Waals surface area (Å²) < 4.78 is 15.4. The first-order chi connectivity index (χ1) is 16.1. The summed E-state index contributed by atoms with van der Waals surface area (Å²) in [5.41, 5.74) is 9.16. The fourth-order valence-corrected chi connectivity index (χ4v) is 4.02. The number of rotatable bonds is 6. The molecule has 9 nitrogen and oxygen atoms in total. The number of anilines is 1. The van der Waals surface area contributed by atoms with Gasteiger partial charge in [-0.25, -0.2) is 14.4 Å². The topological polar surface area (TPSA) is 131 Å². The van der Waals surface area contributed by atoms with Gasteiger partial charge in [0, 0.05) is 42.9 Å². The molecule has 0 bridgehead atoms. The molecule has 1 aromatic carbocycles. The number of nitrogen functional groups attached to an aromatic ring is 1. The molecule has 2 aromatic heterocycles. The molecule has 1 saturated heterocycles. The van der Waals surface area contributed by atoms with Crippen LogP contribution >= 0.6 is 0 Å². The number of aliphatic hydroxyl groups is 1. The SMILES string of the molecule is Cc1ccc(-c2cnn(CC(C)(C)O)c2)cc1-c1cnc(N)c(C(=O)N[C@@H]2CNC[C@@H](F)C2)n1. The highest BCUT2D eigenvalue weighted by Gasteiger charge is 2.25. The molecule has 0 saturated carbocycles. The maximum atomic E-state index is 13.7. The number of nitrogens with two attached hydrogens (primary N) is 1. The van der Waals surface area contributed by atoms with Crippen LogP contribution in [0.3, 0.4) is 0 Å². The zero-order chi connectivity index (χ0) is 24.5. The third-order valence-electron chi connectivity index (χ3n) is 5.68. The molecule has 3 aromatic rings. The summed E-state index contributed by atoms with van der Waals surface area (Å²) in [7, 11) is 0. The molecule has 180 valence electrons. The van der Waals surface area contributed by atoms with E-state index in [1.54, 1.807) is 24.7 Å². The van der Waals surface area contributed by atoms with Crippen molar-refractivity contribution in [2.75, 3.05) is 18.8 Å². The Morgan fingerprint density at radius 1 is 1.32 bits per heavy atom. The number of amides is 1. The molecule has 1 amide bonds. The lowest BCUT2D eigenvalue weighted by molar-refractivity contribution is 0.0577. The molecule has 1 fully saturated rings. The Hall–Kier alpha value is -3.37. The Morgan fingerprint density at radius 2 is 2.12 bits per heavy atom. The van der Waals surface area contributed by atoms with Crippen molar-refractivity contribution >= 4 is 11.7 Å². The Kier molecular flexibility index (Phi) is 6.63. The molecule has 10 heteroatoms. The lowest BCUT2D eigenvalue weighted by Crippen LogP contribution is -2.49. The molecule has 4 rings (SSSR count). The Balaban J connectivity index is 1.60. The van der Waals surface area contributed by atoms with Gasteiger partial charge in [0.15, 0.2) is 11.5 Å². The van der Waals surface area contributed by atoms with Crippen LogP contribution in [-0.2, 0) is 6.54 Å². The first kappa shape index (κ1) is 23.8. The molecule has 3 heterocycles. The first-order valence-corrected chi connectivity index (χ1v) is 11.2. The molecule has 0 unspecified atom stereocenters. The number of halogens is 1. The van der Waals surface area contributed by atoms with E-state index in [2.05, 4.69) is 25.7 Å². The third-order valence-corrected chi connectivity index (χ3v) is 5.68. The molecule has 0 radical (unpaired) electrons. The van der Waals surface area contributed by atoms with Gasteiger partial charge < -0.3 is 21.5 Å². The van der Waals surface area contributed by atoms with E-state index in [1.807, 2.05) is 31.3 Å². The summed E-state index contributed by atoms with van der Waals surface area (Å²) in [4.78, 5) is 21.5. The summed E-state index contributed by atoms with van der Waals surface area (Å²) in [6.07, 6.45) is 4.39. The molecular formula is C24H30FN7O2. The average Bonchev–Trinajstić information content (AvgIpc) is 3.21. The van der Waals surface area contributed by atoms with Crippen LogP contribution in [-0.4, -0.2) is 61.7 Å². The van der Waals surface area contributed by atoms with E-state index in [0.29, 0.717) is 18.8 Å². The largest absolute Gasteiger partial charge is 0.389 e. The Labute approximate surface area is 197 Å². The number of carbonyl (C=O) groups is 1. The number of piperidine rings is 1. The van der Waals surface area contributed by atoms with Gasteiger partial charge in [0.2, 0.25) is 0 Å². The van der Waals surface area contributed by atoms with Gasteiger partial charge in [0.1, 0.15) is 6.17 Å². The van der Waals surface area contributed by atoms with Crippen LogP contribution < -0.4 is 16.4 Å². The van der Waals surface area contributed by atoms with Gasteiger partial charge in [0.25, 0.3) is 5.91 Å². The van der Waals surface area contributed by atoms with E-state index < -0.39 is 17.7 Å². The standard InChI is InChI=1S/C24H30FN7O2/c1-14-4-5-15(16-8-29-32(12-16)13-24(2,3)34)6-19(14)20-11-28-22(26)21(31-20)23(33)30-18-7-17(25)9-27-10-18/h4-6,8,11-12,17-18,27,34H,7,9-10,13H2,1-3H3,(H2,26,28)(H,30,33)/t17-,18-/m0/s1. The van der Waals surface area contributed by atoms with E-state index in [4.69, 9.17) is 5.73 Å². The van der Waals surface area contributed by atoms with E-state index in [1.165, 1.54) is 6.20 Å². The predicted molar refractivity (Wildman–Crippen MR) is 128 cm³/mol. The average molecular weight is 468 g/mol. The van der Waals surface area contributed by atoms with Crippen molar-refractivity contribution in [3.8, 4) is 22.4 Å². The zero-order valence-electron chi connectivity index (χ0n) is 19.5. The fourth-order valence-electron chi connectivity index (χ4n) is 4.02. The van der Waals surface area contributed by atoms with Crippen molar-refractivity contribution in [3.63, 3.8) is 0 Å². The van der Waals surface area contributed by atoms with Gasteiger partial charge in [-0.1, -0.05) is 12.1 Å². The maximum absolute atomic E-state index is 13.7. The Morgan fingerprint density at radius 3 is 2.85 bits per heavy atom. The molecule has 0 spiro atoms. The summed E-state index contributed by atoms with van der Waals surface area (Å²) in [6, 6.07) is 5.56. The second kappa shape index (κ2) is 9.47. The summed E-state index contributed by atoms with van der Waals surface area (Å²) in [5, 5.41) is 20.2. The molecule has 2 atom stereocenters. The van der Waals surface area contributed by atoms with Crippen LogP contribution in [0.15, 0.2) is 36.8 Å². The number of aromatic nitrogens is 4. The minimum atomic E-state index is -1.01. The van der Waals surface area contributed by atoms with Crippen LogP contribution in [0, 0.1) is 6.92 Å². The normalized spacial score (nSPS) is 18.6. The zero-order valence-corrected chi connectivity index (χ0v) is 19.5. The van der Waals surface area contributed by atoms with Crippen molar-refractivity contribution in [2.24, 2.45) is 0 Å². The van der Waals surface area contributed by atoms with E-state index in [9.17, 15) is 14.3 Å². The van der Waals surface area contributed by atoms with E-state index >= 15 is 0 Å². The highest BCUT2D eigenvalue weighted by Crippen LogP contribution is 2.29. The molecule has 1 aliphatic rings. The first-order valence-electron chi connectivity index (χ1n) is 11.2. The van der Waals surface area contributed by atoms with Crippen molar-refractivity contribution in [1.29, 1.82) is 0 Å². The minimum Gasteiger partial charge on any atom is -0.389 e. The van der Waals surface area contributed by atoms with Crippen LogP contribution in [0.25, 0.3) is 22.4 Å². The monoisotopic (exact) mass is 467 g/mol. The molecule has 5 N–H and O–H groups in total. The van der Waals surface area contributed by atoms with Crippen molar-refractivity contribution in [3.05, 3.63) is 48.0 Å². The number of benzene rings is 1. The quantitative estimate of drug-likeness (QED) is 0.437. The molecular weight excluding hydrogens is 437 g/mol. The second-order valence-electron chi connectivity index (χ2n) is 9.42. The highest BCUT2D eigenvalue weighted by atomic mass is 19.1. The smallest absolute Gasteiger partial charge is 0.274 e. The predicted octanol–water partition coefficient (Wildman–Crippen LogP) is 2.10. The summed E-state index contributed by atoms with van der Waals surface area (Å²) >= 11 is 0. The lowest BCUT2D eigenvalue weighted by Gasteiger charge is -2.26. The van der Waals surface area contributed by atoms with Crippen LogP contribution in [0.4, 0.5) is 10.2 Å². The maximum Gasteiger partial charge on any atom is 0.274 e. The van der Waals surface area contributed by atoms with Gasteiger partial charge in [-0.3, -0.25) is 9.48 Å². The number of nitrogens with one attached hydrogen (secondary N) is 2. The van der Waals surface area contributed by atoms with E-state index in [-0.39, 0.29) is 30.5 Å². The van der Waals surface area contributed by atoms with Crippen molar-refractivity contribution in [2.45, 2.75) is 51.6 Å². The van der Waals surface area contributed by atoms with Gasteiger partial charge in [-0.05, 0) is 38.0 Å². The number of alkyl halides is 1. The van der Waals surface area contributed by atoms with Crippen molar-refractivity contribution < 1.29 is 14.3 Å². The number of aryl methyl sites for hydroxylation is 1. The van der Waals surface area contributed by atoms with Gasteiger partial charge in [-0.2, -0.15) is 5.10 Å². The van der Waals surface area contributed by atoms with Gasteiger partial charge >= 0.3 is 0 Å². The molecule has 34 heavy (non-hydrogen) atoms. The number of nitrogens with zero attached hydrogens (tertiary/aromatic N) is 4. The fraction of sp³-hybridized carbons (Fsp3) is 0.417. The summed E-state index contributed by atoms with van der Waals surface area (Å²) in [5.74, 6) is -0.460. The second-order valence-corrected chi connectivity index (χ2v) is 9.42.